The molecule has 0 bridgehead atoms. The maximum atomic E-state index is 12.2. The van der Waals surface area contributed by atoms with E-state index >= 15 is 0 Å². The van der Waals surface area contributed by atoms with Gasteiger partial charge in [-0.2, -0.15) is 0 Å². The molecular weight excluding hydrogens is 288 g/mol. The Hall–Kier alpha value is -2.28. The predicted octanol–water partition coefficient (Wildman–Crippen LogP) is 1.32. The number of hydrogen-bond acceptors (Lipinski definition) is 6. The molecule has 22 heavy (non-hydrogen) atoms. The molecule has 7 nitrogen and oxygen atoms in total. The molecule has 0 aliphatic heterocycles. The molecule has 7 heteroatoms. The van der Waals surface area contributed by atoms with Crippen molar-refractivity contribution in [3.05, 3.63) is 46.0 Å². The number of nitrogens with two attached hydrogens (primary N) is 1. The van der Waals surface area contributed by atoms with Crippen LogP contribution in [0.15, 0.2) is 30.3 Å². The van der Waals surface area contributed by atoms with Gasteiger partial charge in [0.15, 0.2) is 0 Å². The van der Waals surface area contributed by atoms with Crippen LogP contribution in [0.5, 0.6) is 0 Å². The van der Waals surface area contributed by atoms with Gasteiger partial charge in [-0.05, 0) is 32.8 Å². The summed E-state index contributed by atoms with van der Waals surface area (Å²) in [4.78, 5) is 34.2. The highest BCUT2D eigenvalue weighted by atomic mass is 16.6. The highest BCUT2D eigenvalue weighted by molar-refractivity contribution is 6.01. The van der Waals surface area contributed by atoms with Crippen molar-refractivity contribution in [1.29, 1.82) is 0 Å². The van der Waals surface area contributed by atoms with Gasteiger partial charge in [-0.3, -0.25) is 25.4 Å². The van der Waals surface area contributed by atoms with Crippen molar-refractivity contribution in [1.82, 2.24) is 0 Å². The Morgan fingerprint density at radius 2 is 1.82 bits per heavy atom. The summed E-state index contributed by atoms with van der Waals surface area (Å²) in [5, 5.41) is 10.7. The monoisotopic (exact) mass is 308 g/mol. The summed E-state index contributed by atoms with van der Waals surface area (Å²) in [7, 11) is 0. The van der Waals surface area contributed by atoms with E-state index in [2.05, 4.69) is 0 Å². The van der Waals surface area contributed by atoms with Gasteiger partial charge in [-0.15, -0.1) is 0 Å². The number of carbonyl (C=O) groups excluding carboxylic acids is 2. The normalized spacial score (nSPS) is 14.0. The first-order valence-electron chi connectivity index (χ1n) is 6.81. The number of ether oxygens (including phenoxy) is 1. The van der Waals surface area contributed by atoms with E-state index in [-0.39, 0.29) is 6.42 Å². The van der Waals surface area contributed by atoms with E-state index in [1.165, 1.54) is 0 Å². The topological polar surface area (TPSA) is 113 Å². The fourth-order valence-electron chi connectivity index (χ4n) is 1.83. The van der Waals surface area contributed by atoms with Crippen LogP contribution in [0, 0.1) is 16.0 Å². The largest absolute Gasteiger partial charge is 0.459 e. The van der Waals surface area contributed by atoms with Gasteiger partial charge in [0, 0.05) is 4.92 Å². The lowest BCUT2D eigenvalue weighted by atomic mass is 9.93. The molecule has 0 amide bonds. The number of nitro groups is 1. The quantitative estimate of drug-likeness (QED) is 0.279. The molecule has 120 valence electrons. The summed E-state index contributed by atoms with van der Waals surface area (Å²) in [6, 6.07) is 8.74. The maximum absolute atomic E-state index is 12.2. The number of ketones is 1. The summed E-state index contributed by atoms with van der Waals surface area (Å²) in [6.45, 7) is 4.97. The van der Waals surface area contributed by atoms with Gasteiger partial charge < -0.3 is 4.74 Å². The first kappa shape index (κ1) is 17.8. The minimum Gasteiger partial charge on any atom is -0.459 e. The standard InChI is InChI=1S/C15H20N2O5/c1-15(2,3)22-14(19)11(12(18)13(16)17(20)21)9-10-7-5-4-6-8-10/h4-8,11,13H,9,16H2,1-3H3. The molecular formula is C15H20N2O5. The van der Waals surface area contributed by atoms with Gasteiger partial charge >= 0.3 is 12.1 Å². The summed E-state index contributed by atoms with van der Waals surface area (Å²) in [5.41, 5.74) is 5.16. The van der Waals surface area contributed by atoms with E-state index in [9.17, 15) is 19.7 Å². The zero-order valence-corrected chi connectivity index (χ0v) is 12.8. The molecule has 0 aliphatic carbocycles. The van der Waals surface area contributed by atoms with E-state index in [1.807, 2.05) is 0 Å². The van der Waals surface area contributed by atoms with E-state index in [1.54, 1.807) is 51.1 Å². The Bertz CT molecular complexity index is 551. The number of benzene rings is 1. The van der Waals surface area contributed by atoms with Crippen molar-refractivity contribution >= 4 is 11.8 Å². The zero-order valence-electron chi connectivity index (χ0n) is 12.8. The van der Waals surface area contributed by atoms with Crippen LogP contribution in [0.2, 0.25) is 0 Å². The van der Waals surface area contributed by atoms with Crippen LogP contribution in [0.3, 0.4) is 0 Å². The lowest BCUT2D eigenvalue weighted by Crippen LogP contribution is -2.46. The Morgan fingerprint density at radius 3 is 2.27 bits per heavy atom. The molecule has 2 atom stereocenters. The first-order valence-corrected chi connectivity index (χ1v) is 6.81. The molecule has 0 aliphatic rings. The van der Waals surface area contributed by atoms with Crippen molar-refractivity contribution in [2.45, 2.75) is 39.0 Å². The number of rotatable bonds is 6. The SMILES string of the molecule is CC(C)(C)OC(=O)C(Cc1ccccc1)C(=O)C(N)[N+](=O)[O-]. The average Bonchev–Trinajstić information content (AvgIpc) is 2.42. The molecule has 0 radical (unpaired) electrons. The number of esters is 1. The molecule has 0 spiro atoms. The average molecular weight is 308 g/mol. The summed E-state index contributed by atoms with van der Waals surface area (Å²) in [5.74, 6) is -3.07. The van der Waals surface area contributed by atoms with Crippen LogP contribution < -0.4 is 5.73 Å². The van der Waals surface area contributed by atoms with Crippen LogP contribution in [0.1, 0.15) is 26.3 Å². The van der Waals surface area contributed by atoms with Crippen molar-refractivity contribution in [2.24, 2.45) is 11.7 Å². The highest BCUT2D eigenvalue weighted by Gasteiger charge is 2.39. The van der Waals surface area contributed by atoms with Crippen molar-refractivity contribution < 1.29 is 19.2 Å². The van der Waals surface area contributed by atoms with Gasteiger partial charge in [0.2, 0.25) is 5.78 Å². The molecule has 0 saturated carbocycles. The summed E-state index contributed by atoms with van der Waals surface area (Å²) >= 11 is 0. The van der Waals surface area contributed by atoms with Gasteiger partial charge in [0.25, 0.3) is 0 Å². The van der Waals surface area contributed by atoms with Gasteiger partial charge in [0.1, 0.15) is 11.5 Å². The number of carbonyl (C=O) groups is 2. The lowest BCUT2D eigenvalue weighted by Gasteiger charge is -2.23. The molecule has 0 fully saturated rings. The van der Waals surface area contributed by atoms with Crippen LogP contribution in [0.4, 0.5) is 0 Å². The summed E-state index contributed by atoms with van der Waals surface area (Å²) < 4.78 is 5.19. The Morgan fingerprint density at radius 1 is 1.27 bits per heavy atom. The molecule has 0 aromatic heterocycles. The minimum absolute atomic E-state index is 0.0100. The van der Waals surface area contributed by atoms with E-state index in [0.717, 1.165) is 0 Å². The molecule has 1 rings (SSSR count). The lowest BCUT2D eigenvalue weighted by molar-refractivity contribution is -0.506. The second-order valence-corrected chi connectivity index (χ2v) is 5.91. The molecule has 0 saturated heterocycles. The van der Waals surface area contributed by atoms with E-state index in [4.69, 9.17) is 10.5 Å². The van der Waals surface area contributed by atoms with Gasteiger partial charge in [0.05, 0.1) is 0 Å². The van der Waals surface area contributed by atoms with Crippen molar-refractivity contribution in [3.63, 3.8) is 0 Å². The van der Waals surface area contributed by atoms with Crippen LogP contribution >= 0.6 is 0 Å². The fraction of sp³-hybridized carbons (Fsp3) is 0.467. The molecule has 2 N–H and O–H groups in total. The highest BCUT2D eigenvalue weighted by Crippen LogP contribution is 2.17. The predicted molar refractivity (Wildman–Crippen MR) is 79.5 cm³/mol. The van der Waals surface area contributed by atoms with Crippen LogP contribution in [-0.2, 0) is 20.7 Å². The van der Waals surface area contributed by atoms with Gasteiger partial charge in [-0.25, -0.2) is 0 Å². The second-order valence-electron chi connectivity index (χ2n) is 5.91. The zero-order chi connectivity index (χ0) is 16.9. The van der Waals surface area contributed by atoms with Crippen molar-refractivity contribution in [2.75, 3.05) is 0 Å². The summed E-state index contributed by atoms with van der Waals surface area (Å²) in [6.07, 6.45) is -1.93. The maximum Gasteiger partial charge on any atom is 0.322 e. The minimum atomic E-state index is -1.94. The Balaban J connectivity index is 3.02. The number of Topliss-reactive ketones (excluding diaryl/α,β-unsaturated/α-hetero) is 1. The smallest absolute Gasteiger partial charge is 0.322 e. The van der Waals surface area contributed by atoms with E-state index < -0.39 is 34.4 Å². The third-order valence-electron chi connectivity index (χ3n) is 2.84. The number of nitrogens with zero attached hydrogens (tertiary/aromatic N) is 1. The third kappa shape index (κ3) is 5.25. The molecule has 2 unspecified atom stereocenters. The fourth-order valence-corrected chi connectivity index (χ4v) is 1.83. The molecule has 1 aromatic rings. The van der Waals surface area contributed by atoms with E-state index in [0.29, 0.717) is 5.56 Å². The Labute approximate surface area is 128 Å². The second kappa shape index (κ2) is 7.13. The van der Waals surface area contributed by atoms with Crippen LogP contribution in [0.25, 0.3) is 0 Å². The van der Waals surface area contributed by atoms with Crippen LogP contribution in [-0.4, -0.2) is 28.4 Å². The van der Waals surface area contributed by atoms with Crippen molar-refractivity contribution in [3.8, 4) is 0 Å². The first-order chi connectivity index (χ1) is 10.1. The number of hydrogen-bond donors (Lipinski definition) is 1. The third-order valence-corrected chi connectivity index (χ3v) is 2.84. The Kier molecular flexibility index (Phi) is 5.76. The van der Waals surface area contributed by atoms with Gasteiger partial charge in [-0.1, -0.05) is 30.3 Å². The molecule has 1 aromatic carbocycles. The molecule has 0 heterocycles.